The molecule has 4 rings (SSSR count). The highest BCUT2D eigenvalue weighted by Gasteiger charge is 2.34. The number of carbonyl (C=O) groups is 2. The Bertz CT molecular complexity index is 1330. The van der Waals surface area contributed by atoms with Gasteiger partial charge < -0.3 is 14.8 Å². The highest BCUT2D eigenvalue weighted by Crippen LogP contribution is 2.38. The van der Waals surface area contributed by atoms with E-state index in [4.69, 9.17) is 33.3 Å². The topological polar surface area (TPSA) is 67.9 Å². The average Bonchev–Trinajstić information content (AvgIpc) is 3.12. The predicted molar refractivity (Wildman–Crippen MR) is 145 cm³/mol. The Labute approximate surface area is 217 Å². The highest BCUT2D eigenvalue weighted by molar-refractivity contribution is 8.27. The van der Waals surface area contributed by atoms with E-state index >= 15 is 0 Å². The van der Waals surface area contributed by atoms with Gasteiger partial charge in [-0.25, -0.2) is 0 Å². The summed E-state index contributed by atoms with van der Waals surface area (Å²) in [6.07, 6.45) is 1.76. The molecule has 1 aliphatic rings. The molecule has 1 fully saturated rings. The van der Waals surface area contributed by atoms with Crippen LogP contribution in [0.3, 0.4) is 0 Å². The van der Waals surface area contributed by atoms with Crippen molar-refractivity contribution in [2.45, 2.75) is 6.92 Å². The molecule has 178 valence electrons. The smallest absolute Gasteiger partial charge is 0.270 e. The summed E-state index contributed by atoms with van der Waals surface area (Å²) in [5, 5.41) is 3.32. The van der Waals surface area contributed by atoms with Crippen LogP contribution in [0, 0.1) is 6.92 Å². The lowest BCUT2D eigenvalue weighted by Gasteiger charge is -2.16. The molecule has 0 aromatic heterocycles. The van der Waals surface area contributed by atoms with E-state index in [9.17, 15) is 9.59 Å². The summed E-state index contributed by atoms with van der Waals surface area (Å²) in [6, 6.07) is 19.6. The summed E-state index contributed by atoms with van der Waals surface area (Å²) >= 11 is 12.6. The van der Waals surface area contributed by atoms with Crippen molar-refractivity contribution in [1.29, 1.82) is 0 Å². The maximum Gasteiger partial charge on any atom is 0.270 e. The minimum atomic E-state index is -0.321. The van der Waals surface area contributed by atoms with Crippen molar-refractivity contribution in [2.24, 2.45) is 0 Å². The molecule has 1 heterocycles. The monoisotopic (exact) mass is 524 g/mol. The fraction of sp³-hybridized carbons (Fsp3) is 0.115. The number of methoxy groups -OCH3 is 1. The van der Waals surface area contributed by atoms with Crippen LogP contribution in [0.15, 0.2) is 71.6 Å². The number of halogens is 1. The summed E-state index contributed by atoms with van der Waals surface area (Å²) in [5.74, 6) is 0.349. The third kappa shape index (κ3) is 5.85. The first-order valence-corrected chi connectivity index (χ1v) is 12.2. The van der Waals surface area contributed by atoms with Gasteiger partial charge in [0, 0.05) is 10.7 Å². The van der Waals surface area contributed by atoms with Crippen LogP contribution in [-0.4, -0.2) is 29.9 Å². The van der Waals surface area contributed by atoms with Crippen molar-refractivity contribution < 1.29 is 19.1 Å². The maximum atomic E-state index is 13.1. The van der Waals surface area contributed by atoms with E-state index in [2.05, 4.69) is 5.32 Å². The lowest BCUT2D eigenvalue weighted by atomic mass is 10.1. The van der Waals surface area contributed by atoms with Gasteiger partial charge in [-0.3, -0.25) is 14.5 Å². The highest BCUT2D eigenvalue weighted by atomic mass is 35.5. The van der Waals surface area contributed by atoms with E-state index in [1.165, 1.54) is 18.9 Å². The molecule has 9 heteroatoms. The van der Waals surface area contributed by atoms with Crippen LogP contribution < -0.4 is 19.7 Å². The molecule has 6 nitrogen and oxygen atoms in total. The van der Waals surface area contributed by atoms with Crippen LogP contribution >= 0.6 is 35.6 Å². The van der Waals surface area contributed by atoms with Crippen molar-refractivity contribution >= 4 is 69.2 Å². The molecule has 0 radical (unpaired) electrons. The number of nitrogens with one attached hydrogen (secondary N) is 1. The van der Waals surface area contributed by atoms with Crippen molar-refractivity contribution in [1.82, 2.24) is 0 Å². The molecule has 1 aliphatic heterocycles. The first kappa shape index (κ1) is 24.8. The SMILES string of the molecule is COc1cc(/C=C2\SC(=S)N(c3ccccc3C)C2=O)ccc1OCC(=O)Nc1ccc(Cl)cc1. The Kier molecular flexibility index (Phi) is 7.75. The average molecular weight is 525 g/mol. The molecule has 1 saturated heterocycles. The summed E-state index contributed by atoms with van der Waals surface area (Å²) in [6.45, 7) is 1.74. The van der Waals surface area contributed by atoms with Crippen molar-refractivity contribution in [2.75, 3.05) is 23.9 Å². The lowest BCUT2D eigenvalue weighted by molar-refractivity contribution is -0.118. The Balaban J connectivity index is 1.46. The van der Waals surface area contributed by atoms with Gasteiger partial charge >= 0.3 is 0 Å². The third-order valence-electron chi connectivity index (χ3n) is 5.12. The van der Waals surface area contributed by atoms with Gasteiger partial charge in [-0.1, -0.05) is 59.8 Å². The number of para-hydroxylation sites is 1. The number of rotatable bonds is 7. The molecule has 0 bridgehead atoms. The molecule has 0 unspecified atom stereocenters. The molecule has 1 N–H and O–H groups in total. The second-order valence-electron chi connectivity index (χ2n) is 7.56. The van der Waals surface area contributed by atoms with Gasteiger partial charge in [-0.2, -0.15) is 0 Å². The molecule has 3 aromatic carbocycles. The van der Waals surface area contributed by atoms with E-state index in [-0.39, 0.29) is 18.4 Å². The molecule has 2 amide bonds. The van der Waals surface area contributed by atoms with Crippen LogP contribution in [0.1, 0.15) is 11.1 Å². The second kappa shape index (κ2) is 10.9. The standard InChI is InChI=1S/C26H21ClN2O4S2/c1-16-5-3-4-6-20(16)29-25(31)23(35-26(29)34)14-17-7-12-21(22(13-17)32-2)33-15-24(30)28-19-10-8-18(27)9-11-19/h3-14H,15H2,1-2H3,(H,28,30)/b23-14-. The molecule has 0 spiro atoms. The van der Waals surface area contributed by atoms with Gasteiger partial charge in [-0.15, -0.1) is 0 Å². The van der Waals surface area contributed by atoms with Crippen LogP contribution in [0.25, 0.3) is 6.08 Å². The zero-order valence-electron chi connectivity index (χ0n) is 18.9. The minimum Gasteiger partial charge on any atom is -0.493 e. The first-order valence-electron chi connectivity index (χ1n) is 10.6. The zero-order chi connectivity index (χ0) is 24.9. The van der Waals surface area contributed by atoms with Crippen LogP contribution in [-0.2, 0) is 9.59 Å². The number of aryl methyl sites for hydroxylation is 1. The number of ether oxygens (including phenoxy) is 2. The second-order valence-corrected chi connectivity index (χ2v) is 9.67. The lowest BCUT2D eigenvalue weighted by Crippen LogP contribution is -2.28. The summed E-state index contributed by atoms with van der Waals surface area (Å²) in [7, 11) is 1.51. The molecule has 0 aliphatic carbocycles. The fourth-order valence-electron chi connectivity index (χ4n) is 3.41. The van der Waals surface area contributed by atoms with Gasteiger partial charge in [0.05, 0.1) is 17.7 Å². The molecular weight excluding hydrogens is 504 g/mol. The van der Waals surface area contributed by atoms with Crippen molar-refractivity contribution in [3.63, 3.8) is 0 Å². The summed E-state index contributed by atoms with van der Waals surface area (Å²) in [4.78, 5) is 27.4. The van der Waals surface area contributed by atoms with Crippen LogP contribution in [0.5, 0.6) is 11.5 Å². The zero-order valence-corrected chi connectivity index (χ0v) is 21.3. The van der Waals surface area contributed by atoms with Crippen molar-refractivity contribution in [3.8, 4) is 11.5 Å². The van der Waals surface area contributed by atoms with Crippen LogP contribution in [0.2, 0.25) is 5.02 Å². The van der Waals surface area contributed by atoms with E-state index < -0.39 is 0 Å². The number of anilines is 2. The van der Waals surface area contributed by atoms with Gasteiger partial charge in [0.1, 0.15) is 0 Å². The number of amides is 2. The third-order valence-corrected chi connectivity index (χ3v) is 6.68. The predicted octanol–water partition coefficient (Wildman–Crippen LogP) is 6.08. The fourth-order valence-corrected chi connectivity index (χ4v) is 4.82. The normalized spacial score (nSPS) is 14.4. The molecule has 35 heavy (non-hydrogen) atoms. The van der Waals surface area contributed by atoms with E-state index in [1.807, 2.05) is 31.2 Å². The minimum absolute atomic E-state index is 0.174. The Morgan fingerprint density at radius 2 is 1.86 bits per heavy atom. The Morgan fingerprint density at radius 3 is 2.57 bits per heavy atom. The number of benzene rings is 3. The summed E-state index contributed by atoms with van der Waals surface area (Å²) < 4.78 is 11.6. The quantitative estimate of drug-likeness (QED) is 0.298. The number of hydrogen-bond acceptors (Lipinski definition) is 6. The van der Waals surface area contributed by atoms with Gasteiger partial charge in [0.15, 0.2) is 22.4 Å². The van der Waals surface area contributed by atoms with Crippen molar-refractivity contribution in [3.05, 3.63) is 87.8 Å². The number of nitrogens with zero attached hydrogens (tertiary/aromatic N) is 1. The number of carbonyl (C=O) groups excluding carboxylic acids is 2. The molecule has 0 saturated carbocycles. The number of thioether (sulfide) groups is 1. The van der Waals surface area contributed by atoms with E-state index in [1.54, 1.807) is 53.4 Å². The van der Waals surface area contributed by atoms with E-state index in [0.717, 1.165) is 16.8 Å². The molecule has 0 atom stereocenters. The molecular formula is C26H21ClN2O4S2. The maximum absolute atomic E-state index is 13.1. The summed E-state index contributed by atoms with van der Waals surface area (Å²) in [5.41, 5.74) is 3.10. The first-order chi connectivity index (χ1) is 16.9. The largest absolute Gasteiger partial charge is 0.493 e. The van der Waals surface area contributed by atoms with Crippen LogP contribution in [0.4, 0.5) is 11.4 Å². The van der Waals surface area contributed by atoms with Gasteiger partial charge in [0.2, 0.25) is 0 Å². The van der Waals surface area contributed by atoms with Gasteiger partial charge in [0.25, 0.3) is 11.8 Å². The molecule has 3 aromatic rings. The number of hydrogen-bond donors (Lipinski definition) is 1. The number of thiocarbonyl (C=S) groups is 1. The Hall–Kier alpha value is -3.33. The van der Waals surface area contributed by atoms with Gasteiger partial charge in [-0.05, 0) is 66.6 Å². The Morgan fingerprint density at radius 1 is 1.11 bits per heavy atom. The van der Waals surface area contributed by atoms with E-state index in [0.29, 0.717) is 31.4 Å².